The molecule has 0 fully saturated rings. The second-order valence-electron chi connectivity index (χ2n) is 2.17. The summed E-state index contributed by atoms with van der Waals surface area (Å²) in [6.07, 6.45) is 1.79. The number of aryl methyl sites for hydroxylation is 1. The highest BCUT2D eigenvalue weighted by molar-refractivity contribution is 14.1. The highest BCUT2D eigenvalue weighted by atomic mass is 127. The molecule has 0 radical (unpaired) electrons. The number of rotatable bonds is 0. The molecule has 0 spiro atoms. The fraction of sp³-hybridized carbons (Fsp3) is 0.286. The summed E-state index contributed by atoms with van der Waals surface area (Å²) in [5.74, 6) is 0. The average molecular weight is 267 g/mol. The van der Waals surface area contributed by atoms with Gasteiger partial charge in [-0.15, -0.1) is 0 Å². The first-order valence-electron chi connectivity index (χ1n) is 2.90. The molecule has 0 aliphatic rings. The maximum Gasteiger partial charge on any atom is 0.132 e. The smallest absolute Gasteiger partial charge is 0.132 e. The van der Waals surface area contributed by atoms with Crippen molar-refractivity contribution < 1.29 is 0 Å². The molecule has 0 aliphatic carbocycles. The Hall–Kier alpha value is 0.170. The summed E-state index contributed by atoms with van der Waals surface area (Å²) in [7, 11) is 0. The number of nitrogens with zero attached hydrogens (tertiary/aromatic N) is 1. The van der Waals surface area contributed by atoms with Crippen molar-refractivity contribution in [2.45, 2.75) is 13.8 Å². The molecule has 1 nitrogen and oxygen atoms in total. The van der Waals surface area contributed by atoms with Gasteiger partial charge in [-0.2, -0.15) is 0 Å². The molecule has 0 bridgehead atoms. The first kappa shape index (κ1) is 8.27. The van der Waals surface area contributed by atoms with Crippen LogP contribution in [0.2, 0.25) is 5.15 Å². The van der Waals surface area contributed by atoms with Gasteiger partial charge in [0.25, 0.3) is 0 Å². The molecule has 0 atom stereocenters. The third-order valence-electron chi connectivity index (χ3n) is 1.36. The fourth-order valence-electron chi connectivity index (χ4n) is 0.693. The van der Waals surface area contributed by atoms with Gasteiger partial charge in [0.1, 0.15) is 5.15 Å². The van der Waals surface area contributed by atoms with Crippen LogP contribution in [-0.2, 0) is 0 Å². The van der Waals surface area contributed by atoms with E-state index in [1.165, 1.54) is 9.13 Å². The molecule has 0 unspecified atom stereocenters. The quantitative estimate of drug-likeness (QED) is 0.520. The SMILES string of the molecule is Cc1cnc(Cl)c(C)c1I. The minimum absolute atomic E-state index is 0.606. The normalized spacial score (nSPS) is 10.0. The summed E-state index contributed by atoms with van der Waals surface area (Å²) in [6.45, 7) is 4.00. The van der Waals surface area contributed by atoms with Gasteiger partial charge >= 0.3 is 0 Å². The van der Waals surface area contributed by atoms with Crippen LogP contribution in [0, 0.1) is 17.4 Å². The van der Waals surface area contributed by atoms with Crippen molar-refractivity contribution in [1.82, 2.24) is 4.98 Å². The van der Waals surface area contributed by atoms with Crippen molar-refractivity contribution in [2.24, 2.45) is 0 Å². The number of aromatic nitrogens is 1. The van der Waals surface area contributed by atoms with Crippen molar-refractivity contribution in [2.75, 3.05) is 0 Å². The van der Waals surface area contributed by atoms with E-state index in [2.05, 4.69) is 27.6 Å². The van der Waals surface area contributed by atoms with Crippen molar-refractivity contribution in [3.05, 3.63) is 26.0 Å². The van der Waals surface area contributed by atoms with Crippen LogP contribution >= 0.6 is 34.2 Å². The van der Waals surface area contributed by atoms with Gasteiger partial charge in [0.05, 0.1) is 0 Å². The topological polar surface area (TPSA) is 12.9 Å². The Morgan fingerprint density at radius 3 is 2.60 bits per heavy atom. The van der Waals surface area contributed by atoms with Gasteiger partial charge in [-0.25, -0.2) is 4.98 Å². The summed E-state index contributed by atoms with van der Waals surface area (Å²) in [4.78, 5) is 4.00. The Kier molecular flexibility index (Phi) is 2.52. The fourth-order valence-corrected chi connectivity index (χ4v) is 1.39. The molecule has 0 aromatic carbocycles. The number of pyridine rings is 1. The predicted octanol–water partition coefficient (Wildman–Crippen LogP) is 2.96. The van der Waals surface area contributed by atoms with E-state index in [4.69, 9.17) is 11.6 Å². The van der Waals surface area contributed by atoms with Crippen molar-refractivity contribution in [3.63, 3.8) is 0 Å². The second-order valence-corrected chi connectivity index (χ2v) is 3.61. The Labute approximate surface area is 78.9 Å². The van der Waals surface area contributed by atoms with Gasteiger partial charge in [0, 0.05) is 9.77 Å². The highest BCUT2D eigenvalue weighted by Gasteiger charge is 2.02. The minimum atomic E-state index is 0.606. The van der Waals surface area contributed by atoms with E-state index in [1.54, 1.807) is 6.20 Å². The van der Waals surface area contributed by atoms with Crippen LogP contribution in [0.1, 0.15) is 11.1 Å². The van der Waals surface area contributed by atoms with Gasteiger partial charge in [-0.1, -0.05) is 11.6 Å². The van der Waals surface area contributed by atoms with E-state index in [0.717, 1.165) is 5.56 Å². The van der Waals surface area contributed by atoms with E-state index in [-0.39, 0.29) is 0 Å². The number of hydrogen-bond acceptors (Lipinski definition) is 1. The molecule has 54 valence electrons. The standard InChI is InChI=1S/C7H7ClIN/c1-4-3-10-7(8)5(2)6(4)9/h3H,1-2H3. The Morgan fingerprint density at radius 1 is 1.50 bits per heavy atom. The van der Waals surface area contributed by atoms with Crippen LogP contribution in [-0.4, -0.2) is 4.98 Å². The Bertz CT molecular complexity index is 233. The van der Waals surface area contributed by atoms with Crippen LogP contribution in [0.15, 0.2) is 6.20 Å². The van der Waals surface area contributed by atoms with Crippen LogP contribution in [0.5, 0.6) is 0 Å². The van der Waals surface area contributed by atoms with E-state index >= 15 is 0 Å². The summed E-state index contributed by atoms with van der Waals surface area (Å²) in [5, 5.41) is 0.606. The Morgan fingerprint density at radius 2 is 2.10 bits per heavy atom. The van der Waals surface area contributed by atoms with E-state index in [0.29, 0.717) is 5.15 Å². The Balaban J connectivity index is 3.34. The second kappa shape index (κ2) is 3.05. The molecule has 0 N–H and O–H groups in total. The number of halogens is 2. The van der Waals surface area contributed by atoms with Crippen LogP contribution in [0.4, 0.5) is 0 Å². The van der Waals surface area contributed by atoms with Crippen molar-refractivity contribution in [3.8, 4) is 0 Å². The van der Waals surface area contributed by atoms with E-state index in [1.807, 2.05) is 13.8 Å². The molecule has 0 aliphatic heterocycles. The molecule has 0 saturated heterocycles. The van der Waals surface area contributed by atoms with Crippen LogP contribution in [0.25, 0.3) is 0 Å². The molecule has 10 heavy (non-hydrogen) atoms. The summed E-state index contributed by atoms with van der Waals surface area (Å²) in [6, 6.07) is 0. The van der Waals surface area contributed by atoms with Gasteiger partial charge < -0.3 is 0 Å². The molecule has 1 aromatic heterocycles. The largest absolute Gasteiger partial charge is 0.244 e. The maximum atomic E-state index is 5.77. The van der Waals surface area contributed by atoms with Crippen LogP contribution < -0.4 is 0 Å². The molecule has 1 heterocycles. The van der Waals surface area contributed by atoms with Gasteiger partial charge in [-0.3, -0.25) is 0 Å². The molecule has 0 saturated carbocycles. The van der Waals surface area contributed by atoms with Crippen molar-refractivity contribution >= 4 is 34.2 Å². The zero-order valence-electron chi connectivity index (χ0n) is 5.78. The van der Waals surface area contributed by atoms with E-state index < -0.39 is 0 Å². The first-order chi connectivity index (χ1) is 4.63. The van der Waals surface area contributed by atoms with Crippen LogP contribution in [0.3, 0.4) is 0 Å². The maximum absolute atomic E-state index is 5.77. The lowest BCUT2D eigenvalue weighted by atomic mass is 10.2. The number of hydrogen-bond donors (Lipinski definition) is 0. The predicted molar refractivity (Wildman–Crippen MR) is 51.4 cm³/mol. The van der Waals surface area contributed by atoms with Gasteiger partial charge in [0.2, 0.25) is 0 Å². The van der Waals surface area contributed by atoms with Crippen molar-refractivity contribution in [1.29, 1.82) is 0 Å². The third kappa shape index (κ3) is 1.42. The summed E-state index contributed by atoms with van der Waals surface area (Å²) < 4.78 is 1.21. The van der Waals surface area contributed by atoms with E-state index in [9.17, 15) is 0 Å². The molecule has 0 amide bonds. The zero-order chi connectivity index (χ0) is 7.72. The molecule has 3 heteroatoms. The highest BCUT2D eigenvalue weighted by Crippen LogP contribution is 2.20. The lowest BCUT2D eigenvalue weighted by Gasteiger charge is -2.01. The van der Waals surface area contributed by atoms with Gasteiger partial charge in [-0.05, 0) is 47.6 Å². The summed E-state index contributed by atoms with van der Waals surface area (Å²) >= 11 is 8.04. The zero-order valence-corrected chi connectivity index (χ0v) is 8.69. The molecule has 1 rings (SSSR count). The molecule has 1 aromatic rings. The first-order valence-corrected chi connectivity index (χ1v) is 4.36. The third-order valence-corrected chi connectivity index (χ3v) is 3.40. The monoisotopic (exact) mass is 267 g/mol. The average Bonchev–Trinajstić information content (AvgIpc) is 1.93. The minimum Gasteiger partial charge on any atom is -0.244 e. The van der Waals surface area contributed by atoms with Gasteiger partial charge in [0.15, 0.2) is 0 Å². The summed E-state index contributed by atoms with van der Waals surface area (Å²) in [5.41, 5.74) is 2.25. The lowest BCUT2D eigenvalue weighted by Crippen LogP contribution is -1.89. The lowest BCUT2D eigenvalue weighted by molar-refractivity contribution is 1.19. The molecular weight excluding hydrogens is 260 g/mol. The molecular formula is C7H7ClIN.